The van der Waals surface area contributed by atoms with Crippen molar-refractivity contribution in [1.82, 2.24) is 4.90 Å². The van der Waals surface area contributed by atoms with E-state index in [0.717, 1.165) is 70.6 Å². The molecule has 0 atom stereocenters. The molecule has 4 nitrogen and oxygen atoms in total. The first-order valence-electron chi connectivity index (χ1n) is 11.5. The summed E-state index contributed by atoms with van der Waals surface area (Å²) in [6.45, 7) is 6.07. The zero-order chi connectivity index (χ0) is 21.4. The van der Waals surface area contributed by atoms with Crippen LogP contribution in [0.4, 0.5) is 11.4 Å². The van der Waals surface area contributed by atoms with Gasteiger partial charge in [0.05, 0.1) is 21.4 Å². The summed E-state index contributed by atoms with van der Waals surface area (Å²) < 4.78 is 0. The second kappa shape index (κ2) is 9.01. The standard InChI is InChI=1S/C25H29Cl2N3O/c26-21-6-1-7-22(24(21)27)29-14-12-28(13-15-29)10-2-4-18-16-19-5-3-11-30-23(31)9-8-20(17-18)25(19)30/h1,6-7,16-17H,2-5,8-15H2. The number of amides is 1. The van der Waals surface area contributed by atoms with Gasteiger partial charge in [-0.05, 0) is 67.5 Å². The molecule has 1 amide bonds. The van der Waals surface area contributed by atoms with Gasteiger partial charge >= 0.3 is 0 Å². The lowest BCUT2D eigenvalue weighted by Crippen LogP contribution is -2.46. The van der Waals surface area contributed by atoms with E-state index in [4.69, 9.17) is 23.2 Å². The first-order chi connectivity index (χ1) is 15.1. The van der Waals surface area contributed by atoms with Gasteiger partial charge in [0.2, 0.25) is 5.91 Å². The number of carbonyl (C=O) groups is 1. The lowest BCUT2D eigenvalue weighted by molar-refractivity contribution is -0.119. The molecule has 3 aliphatic heterocycles. The normalized spacial score (nSPS) is 19.0. The number of piperazine rings is 1. The van der Waals surface area contributed by atoms with Crippen molar-refractivity contribution in [2.75, 3.05) is 49.1 Å². The van der Waals surface area contributed by atoms with Crippen molar-refractivity contribution in [3.8, 4) is 0 Å². The molecule has 3 heterocycles. The van der Waals surface area contributed by atoms with Gasteiger partial charge in [-0.2, -0.15) is 0 Å². The summed E-state index contributed by atoms with van der Waals surface area (Å²) in [4.78, 5) is 19.2. The van der Waals surface area contributed by atoms with E-state index in [9.17, 15) is 4.79 Å². The van der Waals surface area contributed by atoms with Gasteiger partial charge in [0.25, 0.3) is 0 Å². The number of anilines is 2. The third kappa shape index (κ3) is 4.30. The monoisotopic (exact) mass is 457 g/mol. The van der Waals surface area contributed by atoms with E-state index < -0.39 is 0 Å². The SMILES string of the molecule is O=C1CCc2cc(CCCN3CCN(c4cccc(Cl)c4Cl)CC3)cc3c2N1CCC3. The molecule has 0 saturated carbocycles. The molecule has 6 heteroatoms. The molecule has 1 saturated heterocycles. The quantitative estimate of drug-likeness (QED) is 0.633. The molecule has 164 valence electrons. The molecule has 0 aliphatic carbocycles. The summed E-state index contributed by atoms with van der Waals surface area (Å²) in [5.74, 6) is 0.305. The third-order valence-electron chi connectivity index (χ3n) is 6.92. The Kier molecular flexibility index (Phi) is 6.14. The second-order valence-electron chi connectivity index (χ2n) is 8.92. The minimum atomic E-state index is 0.305. The number of nitrogens with zero attached hydrogens (tertiary/aromatic N) is 3. The predicted octanol–water partition coefficient (Wildman–Crippen LogP) is 4.97. The Morgan fingerprint density at radius 2 is 1.68 bits per heavy atom. The maximum Gasteiger partial charge on any atom is 0.227 e. The maximum atomic E-state index is 12.3. The summed E-state index contributed by atoms with van der Waals surface area (Å²) >= 11 is 12.6. The summed E-state index contributed by atoms with van der Waals surface area (Å²) in [6.07, 6.45) is 6.03. The van der Waals surface area contributed by atoms with E-state index in [1.54, 1.807) is 0 Å². The van der Waals surface area contributed by atoms with Crippen molar-refractivity contribution < 1.29 is 4.79 Å². The zero-order valence-corrected chi connectivity index (χ0v) is 19.4. The Balaban J connectivity index is 1.16. The average Bonchev–Trinajstić information content (AvgIpc) is 2.79. The van der Waals surface area contributed by atoms with Crippen LogP contribution in [-0.2, 0) is 24.1 Å². The van der Waals surface area contributed by atoms with Crippen LogP contribution in [0.3, 0.4) is 0 Å². The fourth-order valence-corrected chi connectivity index (χ4v) is 5.74. The van der Waals surface area contributed by atoms with Crippen LogP contribution >= 0.6 is 23.2 Å². The van der Waals surface area contributed by atoms with Crippen LogP contribution in [0.1, 0.15) is 36.0 Å². The number of halogens is 2. The molecule has 2 aromatic rings. The van der Waals surface area contributed by atoms with Crippen LogP contribution in [0.2, 0.25) is 10.0 Å². The highest BCUT2D eigenvalue weighted by Crippen LogP contribution is 2.37. The number of benzene rings is 2. The van der Waals surface area contributed by atoms with Gasteiger partial charge in [0, 0.05) is 39.1 Å². The zero-order valence-electron chi connectivity index (χ0n) is 17.9. The third-order valence-corrected chi connectivity index (χ3v) is 7.73. The lowest BCUT2D eigenvalue weighted by atomic mass is 9.89. The van der Waals surface area contributed by atoms with Gasteiger partial charge in [-0.25, -0.2) is 0 Å². The Morgan fingerprint density at radius 1 is 0.903 bits per heavy atom. The number of hydrogen-bond acceptors (Lipinski definition) is 3. The molecule has 0 aromatic heterocycles. The highest BCUT2D eigenvalue weighted by molar-refractivity contribution is 6.43. The molecule has 5 rings (SSSR count). The van der Waals surface area contributed by atoms with Crippen molar-refractivity contribution in [2.24, 2.45) is 0 Å². The van der Waals surface area contributed by atoms with Crippen LogP contribution in [0.15, 0.2) is 30.3 Å². The molecule has 0 unspecified atom stereocenters. The average molecular weight is 458 g/mol. The Morgan fingerprint density at radius 3 is 2.48 bits per heavy atom. The van der Waals surface area contributed by atoms with Gasteiger partial charge in [0.15, 0.2) is 0 Å². The minimum absolute atomic E-state index is 0.305. The molecule has 0 radical (unpaired) electrons. The summed E-state index contributed by atoms with van der Waals surface area (Å²) in [5, 5.41) is 1.28. The van der Waals surface area contributed by atoms with Crippen molar-refractivity contribution in [3.63, 3.8) is 0 Å². The highest BCUT2D eigenvalue weighted by Gasteiger charge is 2.29. The topological polar surface area (TPSA) is 26.8 Å². The smallest absolute Gasteiger partial charge is 0.227 e. The van der Waals surface area contributed by atoms with E-state index in [2.05, 4.69) is 28.0 Å². The molecule has 1 fully saturated rings. The predicted molar refractivity (Wildman–Crippen MR) is 129 cm³/mol. The largest absolute Gasteiger partial charge is 0.368 e. The number of carbonyl (C=O) groups excluding carboxylic acids is 1. The molecule has 31 heavy (non-hydrogen) atoms. The van der Waals surface area contributed by atoms with Gasteiger partial charge in [0.1, 0.15) is 0 Å². The van der Waals surface area contributed by atoms with E-state index in [0.29, 0.717) is 22.4 Å². The fraction of sp³-hybridized carbons (Fsp3) is 0.480. The van der Waals surface area contributed by atoms with Crippen LogP contribution in [0, 0.1) is 0 Å². The summed E-state index contributed by atoms with van der Waals surface area (Å²) in [7, 11) is 0. The lowest BCUT2D eigenvalue weighted by Gasteiger charge is -2.37. The van der Waals surface area contributed by atoms with Gasteiger partial charge in [-0.15, -0.1) is 0 Å². The van der Waals surface area contributed by atoms with Crippen molar-refractivity contribution in [1.29, 1.82) is 0 Å². The first kappa shape index (κ1) is 21.1. The number of aryl methyl sites for hydroxylation is 3. The summed E-state index contributed by atoms with van der Waals surface area (Å²) in [6, 6.07) is 10.6. The Labute approximate surface area is 194 Å². The second-order valence-corrected chi connectivity index (χ2v) is 9.70. The van der Waals surface area contributed by atoms with E-state index in [1.807, 2.05) is 17.0 Å². The molecule has 2 aromatic carbocycles. The molecule has 0 bridgehead atoms. The van der Waals surface area contributed by atoms with E-state index in [-0.39, 0.29) is 0 Å². The van der Waals surface area contributed by atoms with E-state index >= 15 is 0 Å². The van der Waals surface area contributed by atoms with Crippen molar-refractivity contribution in [2.45, 2.75) is 38.5 Å². The number of hydrogen-bond donors (Lipinski definition) is 0. The van der Waals surface area contributed by atoms with Crippen LogP contribution in [0.25, 0.3) is 0 Å². The molecule has 3 aliphatic rings. The van der Waals surface area contributed by atoms with Crippen molar-refractivity contribution in [3.05, 3.63) is 57.1 Å². The van der Waals surface area contributed by atoms with E-state index in [1.165, 1.54) is 28.8 Å². The first-order valence-corrected chi connectivity index (χ1v) is 12.2. The minimum Gasteiger partial charge on any atom is -0.368 e. The molecule has 0 spiro atoms. The molecular formula is C25H29Cl2N3O. The van der Waals surface area contributed by atoms with Crippen molar-refractivity contribution >= 4 is 40.5 Å². The highest BCUT2D eigenvalue weighted by atomic mass is 35.5. The number of rotatable bonds is 5. The van der Waals surface area contributed by atoms with Crippen LogP contribution in [0.5, 0.6) is 0 Å². The Hall–Kier alpha value is -1.75. The maximum absolute atomic E-state index is 12.3. The summed E-state index contributed by atoms with van der Waals surface area (Å²) in [5.41, 5.74) is 6.50. The fourth-order valence-electron chi connectivity index (χ4n) is 5.33. The van der Waals surface area contributed by atoms with Crippen LogP contribution in [-0.4, -0.2) is 50.1 Å². The molecule has 0 N–H and O–H groups in total. The Bertz CT molecular complexity index is 968. The van der Waals surface area contributed by atoms with Crippen LogP contribution < -0.4 is 9.80 Å². The van der Waals surface area contributed by atoms with Gasteiger partial charge < -0.3 is 9.80 Å². The molecular weight excluding hydrogens is 429 g/mol. The van der Waals surface area contributed by atoms with Gasteiger partial charge in [-0.3, -0.25) is 9.69 Å². The van der Waals surface area contributed by atoms with Gasteiger partial charge in [-0.1, -0.05) is 41.4 Å².